The number of primary amides is 1. The fourth-order valence-electron chi connectivity index (χ4n) is 3.93. The number of sulfonamides is 1. The third-order valence-corrected chi connectivity index (χ3v) is 9.46. The van der Waals surface area contributed by atoms with Crippen molar-refractivity contribution in [3.8, 4) is 0 Å². The minimum absolute atomic E-state index is 0.0126. The fourth-order valence-corrected chi connectivity index (χ4v) is 7.08. The van der Waals surface area contributed by atoms with Crippen LogP contribution < -0.4 is 10.5 Å². The summed E-state index contributed by atoms with van der Waals surface area (Å²) in [6.07, 6.45) is -3.94. The summed E-state index contributed by atoms with van der Waals surface area (Å²) in [6, 6.07) is 7.50. The molecule has 4 rings (SSSR count). The first-order chi connectivity index (χ1) is 16.8. The summed E-state index contributed by atoms with van der Waals surface area (Å²) in [5.74, 6) is -3.30. The molecule has 10 nitrogen and oxygen atoms in total. The number of amides is 1. The van der Waals surface area contributed by atoms with Crippen LogP contribution in [0.15, 0.2) is 40.9 Å². The highest BCUT2D eigenvalue weighted by Crippen LogP contribution is 2.53. The number of hydrogen-bond donors (Lipinski definition) is 3. The largest absolute Gasteiger partial charge is 0.480 e. The summed E-state index contributed by atoms with van der Waals surface area (Å²) < 4.78 is 74.6. The molecule has 1 saturated carbocycles. The van der Waals surface area contributed by atoms with Gasteiger partial charge >= 0.3 is 18.2 Å². The van der Waals surface area contributed by atoms with Crippen LogP contribution in [0.25, 0.3) is 4.91 Å². The maximum absolute atomic E-state index is 13.1. The number of thioether (sulfide) groups is 1. The lowest BCUT2D eigenvalue weighted by Crippen LogP contribution is -2.47. The van der Waals surface area contributed by atoms with E-state index in [-0.39, 0.29) is 30.0 Å². The van der Waals surface area contributed by atoms with Crippen molar-refractivity contribution in [2.75, 3.05) is 6.61 Å². The van der Waals surface area contributed by atoms with Crippen molar-refractivity contribution in [1.82, 2.24) is 9.88 Å². The molecule has 0 spiro atoms. The third-order valence-electron chi connectivity index (χ3n) is 5.80. The topological polar surface area (TPSA) is 162 Å². The van der Waals surface area contributed by atoms with Crippen LogP contribution in [0.5, 0.6) is 0 Å². The van der Waals surface area contributed by atoms with Crippen molar-refractivity contribution >= 4 is 38.8 Å². The lowest BCUT2D eigenvalue weighted by molar-refractivity contribution is -0.155. The van der Waals surface area contributed by atoms with Crippen molar-refractivity contribution in [1.29, 1.82) is 0 Å². The fraction of sp³-hybridized carbons (Fsp3) is 0.381. The van der Waals surface area contributed by atoms with E-state index >= 15 is 0 Å². The van der Waals surface area contributed by atoms with Crippen LogP contribution >= 0.6 is 11.8 Å². The van der Waals surface area contributed by atoms with Gasteiger partial charge in [-0.25, -0.2) is 13.2 Å². The number of allylic oxidation sites excluding steroid dienone is 1. The maximum atomic E-state index is 13.1. The average molecular weight is 548 g/mol. The maximum Gasteiger partial charge on any atom is 0.452 e. The molecule has 15 heteroatoms. The Balaban J connectivity index is 1.45. The zero-order valence-corrected chi connectivity index (χ0v) is 20.0. The molecular weight excluding hydrogens is 527 g/mol. The second-order valence-corrected chi connectivity index (χ2v) is 11.7. The molecule has 2 aromatic rings. The molecule has 0 bridgehead atoms. The van der Waals surface area contributed by atoms with Gasteiger partial charge < -0.3 is 20.1 Å². The number of carboxylic acids is 1. The van der Waals surface area contributed by atoms with Gasteiger partial charge in [0, 0.05) is 23.3 Å². The Labute approximate surface area is 207 Å². The molecule has 1 fully saturated rings. The lowest BCUT2D eigenvalue weighted by Gasteiger charge is -2.19. The Hall–Kier alpha value is -3.04. The number of ether oxygens (including phenoxy) is 1. The second kappa shape index (κ2) is 9.44. The number of carboxylic acid groups (broad SMARTS) is 1. The highest BCUT2D eigenvalue weighted by molar-refractivity contribution is 8.18. The van der Waals surface area contributed by atoms with Crippen LogP contribution in [-0.4, -0.2) is 47.5 Å². The summed E-state index contributed by atoms with van der Waals surface area (Å²) in [5, 5.41) is 13.2. The third kappa shape index (κ3) is 5.37. The number of aromatic nitrogens is 1. The van der Waals surface area contributed by atoms with E-state index in [4.69, 9.17) is 10.5 Å². The number of hydrogen-bond acceptors (Lipinski definition) is 8. The zero-order chi connectivity index (χ0) is 26.3. The van der Waals surface area contributed by atoms with Crippen LogP contribution in [0.4, 0.5) is 18.0 Å². The molecule has 4 N–H and O–H groups in total. The standard InChI is InChI=1S/C21H20F3N3O7S2/c22-21(23,24)16-9-14(26-34-16)15-4-5-17(35-15)36(31,32)27-20(18(28)29)10-13(20)12-3-1-2-11(8-12)6-7-33-19(25)30/h1-4,8-9,13,17,27H,5-7,10H2,(H2,25,30)(H,28,29). The summed E-state index contributed by atoms with van der Waals surface area (Å²) in [5.41, 5.74) is 4.36. The summed E-state index contributed by atoms with van der Waals surface area (Å²) in [6.45, 7) is 0.0321. The molecule has 2 aliphatic rings. The summed E-state index contributed by atoms with van der Waals surface area (Å²) in [4.78, 5) is 23.0. The monoisotopic (exact) mass is 547 g/mol. The van der Waals surface area contributed by atoms with E-state index in [0.717, 1.165) is 17.3 Å². The molecule has 36 heavy (non-hydrogen) atoms. The molecule has 2 heterocycles. The highest BCUT2D eigenvalue weighted by atomic mass is 32.3. The van der Waals surface area contributed by atoms with Crippen LogP contribution in [0.1, 0.15) is 41.3 Å². The van der Waals surface area contributed by atoms with Gasteiger partial charge in [-0.05, 0) is 24.0 Å². The predicted octanol–water partition coefficient (Wildman–Crippen LogP) is 3.07. The molecule has 1 aromatic carbocycles. The number of nitrogens with one attached hydrogen (secondary N) is 1. The number of rotatable bonds is 9. The van der Waals surface area contributed by atoms with E-state index in [0.29, 0.717) is 18.1 Å². The van der Waals surface area contributed by atoms with Gasteiger partial charge in [0.2, 0.25) is 15.8 Å². The van der Waals surface area contributed by atoms with Gasteiger partial charge in [0.25, 0.3) is 0 Å². The van der Waals surface area contributed by atoms with E-state index < -0.39 is 50.1 Å². The van der Waals surface area contributed by atoms with E-state index in [1.54, 1.807) is 24.3 Å². The van der Waals surface area contributed by atoms with Crippen LogP contribution in [0.3, 0.4) is 0 Å². The number of carbonyl (C=O) groups excluding carboxylic acids is 1. The Morgan fingerprint density at radius 2 is 2.08 bits per heavy atom. The van der Waals surface area contributed by atoms with Crippen molar-refractivity contribution in [3.63, 3.8) is 0 Å². The first-order valence-corrected chi connectivity index (χ1v) is 12.9. The molecule has 0 radical (unpaired) electrons. The molecular formula is C21H20F3N3O7S2. The van der Waals surface area contributed by atoms with E-state index in [9.17, 15) is 36.3 Å². The van der Waals surface area contributed by atoms with Gasteiger partial charge in [0.15, 0.2) is 0 Å². The number of nitrogens with zero attached hydrogens (tertiary/aromatic N) is 1. The van der Waals surface area contributed by atoms with E-state index in [1.165, 1.54) is 6.08 Å². The molecule has 3 unspecified atom stereocenters. The summed E-state index contributed by atoms with van der Waals surface area (Å²) in [7, 11) is -4.21. The Morgan fingerprint density at radius 1 is 1.33 bits per heavy atom. The minimum Gasteiger partial charge on any atom is -0.480 e. The van der Waals surface area contributed by atoms with E-state index in [2.05, 4.69) is 14.4 Å². The normalized spacial score (nSPS) is 23.8. The van der Waals surface area contributed by atoms with Gasteiger partial charge in [-0.3, -0.25) is 4.79 Å². The smallest absolute Gasteiger partial charge is 0.452 e. The quantitative estimate of drug-likeness (QED) is 0.428. The van der Waals surface area contributed by atoms with Crippen molar-refractivity contribution in [3.05, 3.63) is 59.0 Å². The van der Waals surface area contributed by atoms with Gasteiger partial charge in [-0.15, -0.1) is 11.8 Å². The zero-order valence-electron chi connectivity index (χ0n) is 18.3. The Bertz CT molecular complexity index is 1330. The van der Waals surface area contributed by atoms with Gasteiger partial charge in [-0.2, -0.15) is 17.9 Å². The molecule has 3 atom stereocenters. The molecule has 1 amide bonds. The van der Waals surface area contributed by atoms with Gasteiger partial charge in [-0.1, -0.05) is 35.5 Å². The van der Waals surface area contributed by atoms with E-state index in [1.807, 2.05) is 0 Å². The van der Waals surface area contributed by atoms with Crippen LogP contribution in [-0.2, 0) is 32.2 Å². The Kier molecular flexibility index (Phi) is 6.83. The van der Waals surface area contributed by atoms with Crippen molar-refractivity contribution in [2.24, 2.45) is 5.73 Å². The van der Waals surface area contributed by atoms with Gasteiger partial charge in [0.1, 0.15) is 15.8 Å². The number of halogens is 3. The lowest BCUT2D eigenvalue weighted by atomic mass is 10.0. The number of alkyl halides is 3. The second-order valence-electron chi connectivity index (χ2n) is 8.27. The first-order valence-electron chi connectivity index (χ1n) is 10.5. The predicted molar refractivity (Wildman–Crippen MR) is 121 cm³/mol. The molecule has 194 valence electrons. The van der Waals surface area contributed by atoms with Crippen LogP contribution in [0, 0.1) is 0 Å². The molecule has 1 aliphatic heterocycles. The molecule has 1 aromatic heterocycles. The Morgan fingerprint density at radius 3 is 2.72 bits per heavy atom. The molecule has 1 aliphatic carbocycles. The average Bonchev–Trinajstić information content (AvgIpc) is 3.15. The van der Waals surface area contributed by atoms with Crippen molar-refractivity contribution in [2.45, 2.75) is 41.5 Å². The molecule has 0 saturated heterocycles. The summed E-state index contributed by atoms with van der Waals surface area (Å²) >= 11 is 0.762. The van der Waals surface area contributed by atoms with Gasteiger partial charge in [0.05, 0.1) is 6.61 Å². The SMILES string of the molecule is NC(=O)OCCc1cccc(C2CC2(NS(=O)(=O)C2CC=C(c3cc(C(F)(F)F)on3)S2)C(=O)O)c1. The van der Waals surface area contributed by atoms with Crippen LogP contribution in [0.2, 0.25) is 0 Å². The minimum atomic E-state index is -4.73. The number of carbonyl (C=O) groups is 2. The number of nitrogens with two attached hydrogens (primary N) is 1. The number of benzene rings is 1. The first kappa shape index (κ1) is 26.0. The number of aliphatic carboxylic acids is 1. The van der Waals surface area contributed by atoms with Crippen molar-refractivity contribution < 1.29 is 45.5 Å². The highest BCUT2D eigenvalue weighted by Gasteiger charge is 2.64.